The molecular formula is C10H12BrClN2O3S. The van der Waals surface area contributed by atoms with Crippen LogP contribution in [0.1, 0.15) is 10.4 Å². The molecule has 100 valence electrons. The molecule has 5 nitrogen and oxygen atoms in total. The molecular weight excluding hydrogens is 344 g/mol. The largest absolute Gasteiger partial charge is 0.351 e. The van der Waals surface area contributed by atoms with Crippen LogP contribution in [0.5, 0.6) is 0 Å². The molecule has 0 aromatic heterocycles. The van der Waals surface area contributed by atoms with Crippen molar-refractivity contribution in [2.24, 2.45) is 0 Å². The van der Waals surface area contributed by atoms with Gasteiger partial charge in [0.1, 0.15) is 0 Å². The molecule has 0 bridgehead atoms. The van der Waals surface area contributed by atoms with Crippen LogP contribution in [0.3, 0.4) is 0 Å². The zero-order valence-electron chi connectivity index (χ0n) is 9.54. The second-order valence-corrected chi connectivity index (χ2v) is 6.84. The lowest BCUT2D eigenvalue weighted by Gasteiger charge is -2.06. The minimum absolute atomic E-state index is 0.0339. The summed E-state index contributed by atoms with van der Waals surface area (Å²) in [5.74, 6) is -0.540. The lowest BCUT2D eigenvalue weighted by atomic mass is 10.2. The average Bonchev–Trinajstić information content (AvgIpc) is 2.27. The molecule has 0 aliphatic rings. The summed E-state index contributed by atoms with van der Waals surface area (Å²) in [6.45, 7) is 0.0339. The maximum absolute atomic E-state index is 11.7. The molecule has 1 aromatic rings. The van der Waals surface area contributed by atoms with E-state index in [-0.39, 0.29) is 18.2 Å². The highest BCUT2D eigenvalue weighted by Gasteiger charge is 2.10. The molecule has 0 spiro atoms. The number of hydrogen-bond acceptors (Lipinski definition) is 3. The highest BCUT2D eigenvalue weighted by molar-refractivity contribution is 9.10. The van der Waals surface area contributed by atoms with E-state index in [1.807, 2.05) is 0 Å². The van der Waals surface area contributed by atoms with Gasteiger partial charge in [-0.2, -0.15) is 0 Å². The highest BCUT2D eigenvalue weighted by Crippen LogP contribution is 2.19. The fourth-order valence-electron chi connectivity index (χ4n) is 1.19. The van der Waals surface area contributed by atoms with E-state index >= 15 is 0 Å². The van der Waals surface area contributed by atoms with E-state index in [0.29, 0.717) is 15.1 Å². The minimum Gasteiger partial charge on any atom is -0.351 e. The van der Waals surface area contributed by atoms with Gasteiger partial charge in [-0.15, -0.1) is 0 Å². The van der Waals surface area contributed by atoms with Gasteiger partial charge in [0, 0.05) is 21.6 Å². The molecule has 0 unspecified atom stereocenters. The van der Waals surface area contributed by atoms with Crippen molar-refractivity contribution in [2.45, 2.75) is 0 Å². The molecule has 18 heavy (non-hydrogen) atoms. The van der Waals surface area contributed by atoms with Gasteiger partial charge in [-0.1, -0.05) is 27.5 Å². The third-order valence-electron chi connectivity index (χ3n) is 2.09. The minimum atomic E-state index is -3.31. The van der Waals surface area contributed by atoms with Crippen LogP contribution in [0.25, 0.3) is 0 Å². The van der Waals surface area contributed by atoms with Crippen molar-refractivity contribution in [1.82, 2.24) is 10.0 Å². The Morgan fingerprint density at radius 3 is 2.61 bits per heavy atom. The first-order valence-electron chi connectivity index (χ1n) is 4.99. The highest BCUT2D eigenvalue weighted by atomic mass is 79.9. The lowest BCUT2D eigenvalue weighted by Crippen LogP contribution is -2.32. The Morgan fingerprint density at radius 2 is 2.06 bits per heavy atom. The third-order valence-corrected chi connectivity index (χ3v) is 4.13. The van der Waals surface area contributed by atoms with Crippen molar-refractivity contribution in [3.05, 3.63) is 33.3 Å². The quantitative estimate of drug-likeness (QED) is 0.838. The van der Waals surface area contributed by atoms with Crippen LogP contribution in [-0.4, -0.2) is 33.7 Å². The Morgan fingerprint density at radius 1 is 1.39 bits per heavy atom. The number of sulfonamides is 1. The number of hydrogen-bond donors (Lipinski definition) is 2. The zero-order chi connectivity index (χ0) is 13.8. The molecule has 8 heteroatoms. The second-order valence-electron chi connectivity index (χ2n) is 3.44. The Kier molecular flexibility index (Phi) is 5.58. The molecule has 1 amide bonds. The predicted molar refractivity (Wildman–Crippen MR) is 74.3 cm³/mol. The monoisotopic (exact) mass is 354 g/mol. The van der Waals surface area contributed by atoms with Gasteiger partial charge in [0.05, 0.1) is 5.75 Å². The molecule has 0 saturated heterocycles. The summed E-state index contributed by atoms with van der Waals surface area (Å²) in [7, 11) is -1.99. The van der Waals surface area contributed by atoms with Crippen molar-refractivity contribution in [1.29, 1.82) is 0 Å². The van der Waals surface area contributed by atoms with E-state index in [2.05, 4.69) is 26.0 Å². The molecule has 0 heterocycles. The van der Waals surface area contributed by atoms with Crippen molar-refractivity contribution in [3.63, 3.8) is 0 Å². The van der Waals surface area contributed by atoms with E-state index in [1.165, 1.54) is 13.1 Å². The second kappa shape index (κ2) is 6.51. The van der Waals surface area contributed by atoms with Crippen LogP contribution in [0.2, 0.25) is 5.02 Å². The SMILES string of the molecule is CNS(=O)(=O)CCNC(=O)c1cc(Cl)cc(Br)c1. The van der Waals surface area contributed by atoms with E-state index in [4.69, 9.17) is 11.6 Å². The first-order valence-corrected chi connectivity index (χ1v) is 7.82. The predicted octanol–water partition coefficient (Wildman–Crippen LogP) is 1.38. The summed E-state index contributed by atoms with van der Waals surface area (Å²) in [6, 6.07) is 4.77. The number of halogens is 2. The number of carbonyl (C=O) groups is 1. The molecule has 0 atom stereocenters. The lowest BCUT2D eigenvalue weighted by molar-refractivity contribution is 0.0956. The van der Waals surface area contributed by atoms with E-state index in [1.54, 1.807) is 12.1 Å². The standard InChI is InChI=1S/C10H12BrClN2O3S/c1-13-18(16,17)3-2-14-10(15)7-4-8(11)6-9(12)5-7/h4-6,13H,2-3H2,1H3,(H,14,15). The molecule has 0 radical (unpaired) electrons. The summed E-state index contributed by atoms with van der Waals surface area (Å²) in [5, 5.41) is 2.93. The van der Waals surface area contributed by atoms with Crippen LogP contribution in [0.15, 0.2) is 22.7 Å². The summed E-state index contributed by atoms with van der Waals surface area (Å²) >= 11 is 9.03. The fourth-order valence-corrected chi connectivity index (χ4v) is 2.62. The van der Waals surface area contributed by atoms with Gasteiger partial charge < -0.3 is 5.32 Å². The maximum atomic E-state index is 11.7. The Hall–Kier alpha value is -0.630. The van der Waals surface area contributed by atoms with Crippen molar-refractivity contribution in [2.75, 3.05) is 19.3 Å². The van der Waals surface area contributed by atoms with Gasteiger partial charge in [0.15, 0.2) is 0 Å². The van der Waals surface area contributed by atoms with Gasteiger partial charge in [0.25, 0.3) is 5.91 Å². The topological polar surface area (TPSA) is 75.3 Å². The van der Waals surface area contributed by atoms with Gasteiger partial charge in [-0.05, 0) is 25.2 Å². The number of benzene rings is 1. The van der Waals surface area contributed by atoms with Crippen molar-refractivity contribution in [3.8, 4) is 0 Å². The molecule has 0 fully saturated rings. The van der Waals surface area contributed by atoms with Crippen molar-refractivity contribution >= 4 is 43.5 Å². The smallest absolute Gasteiger partial charge is 0.251 e. The Bertz CT molecular complexity index is 528. The van der Waals surface area contributed by atoms with Gasteiger partial charge in [-0.3, -0.25) is 4.79 Å². The number of rotatable bonds is 5. The van der Waals surface area contributed by atoms with Gasteiger partial charge in [-0.25, -0.2) is 13.1 Å². The van der Waals surface area contributed by atoms with Gasteiger partial charge in [0.2, 0.25) is 10.0 Å². The van der Waals surface area contributed by atoms with E-state index in [9.17, 15) is 13.2 Å². The Labute approximate surface area is 119 Å². The van der Waals surface area contributed by atoms with E-state index < -0.39 is 10.0 Å². The molecule has 1 rings (SSSR count). The van der Waals surface area contributed by atoms with Crippen LogP contribution < -0.4 is 10.0 Å². The molecule has 0 saturated carbocycles. The van der Waals surface area contributed by atoms with Crippen molar-refractivity contribution < 1.29 is 13.2 Å². The normalized spacial score (nSPS) is 11.3. The third kappa shape index (κ3) is 4.93. The Balaban J connectivity index is 2.61. The molecule has 0 aliphatic heterocycles. The molecule has 1 aromatic carbocycles. The number of amides is 1. The van der Waals surface area contributed by atoms with Gasteiger partial charge >= 0.3 is 0 Å². The molecule has 2 N–H and O–H groups in total. The zero-order valence-corrected chi connectivity index (χ0v) is 12.7. The summed E-state index contributed by atoms with van der Waals surface area (Å²) in [5.41, 5.74) is 0.372. The summed E-state index contributed by atoms with van der Waals surface area (Å²) in [4.78, 5) is 11.7. The fraction of sp³-hybridized carbons (Fsp3) is 0.300. The molecule has 0 aliphatic carbocycles. The van der Waals surface area contributed by atoms with E-state index in [0.717, 1.165) is 0 Å². The number of carbonyl (C=O) groups excluding carboxylic acids is 1. The first-order chi connectivity index (χ1) is 8.34. The maximum Gasteiger partial charge on any atom is 0.251 e. The first kappa shape index (κ1) is 15.4. The summed E-state index contributed by atoms with van der Waals surface area (Å²) in [6.07, 6.45) is 0. The van der Waals surface area contributed by atoms with Crippen LogP contribution >= 0.6 is 27.5 Å². The van der Waals surface area contributed by atoms with Crippen LogP contribution in [0, 0.1) is 0 Å². The van der Waals surface area contributed by atoms with Crippen LogP contribution in [0.4, 0.5) is 0 Å². The number of nitrogens with one attached hydrogen (secondary N) is 2. The summed E-state index contributed by atoms with van der Waals surface area (Å²) < 4.78 is 25.1. The van der Waals surface area contributed by atoms with Crippen LogP contribution in [-0.2, 0) is 10.0 Å². The average molecular weight is 356 g/mol.